The summed E-state index contributed by atoms with van der Waals surface area (Å²) < 4.78 is 15.4. The van der Waals surface area contributed by atoms with Crippen LogP contribution in [0.3, 0.4) is 0 Å². The van der Waals surface area contributed by atoms with Crippen molar-refractivity contribution in [2.24, 2.45) is 0 Å². The molecule has 0 amide bonds. The number of hydrogen-bond acceptors (Lipinski definition) is 7. The normalized spacial score (nSPS) is 29.8. The molecule has 1 aromatic carbocycles. The maximum absolute atomic E-state index is 15.4. The van der Waals surface area contributed by atoms with E-state index >= 15 is 4.39 Å². The topological polar surface area (TPSA) is 103 Å². The number of aromatic amines is 1. The summed E-state index contributed by atoms with van der Waals surface area (Å²) in [5.41, 5.74) is 2.10. The standard InChI is InChI=1S/C22H26FN7O/c1-21-6-7-22(2,29-21)19(23)17(9-21)30(3)20-24-12-16(27-28-20)15-5-4-13(8-18(15)31)14-10-25-26-11-14/h4-5,8,10-12,17,19,29,31H,6-7,9H2,1-3H3,(H,25,26)/t17-,19-,21-,22+/m1/s1. The lowest BCUT2D eigenvalue weighted by atomic mass is 9.82. The molecule has 9 heteroatoms. The zero-order valence-corrected chi connectivity index (χ0v) is 17.8. The molecule has 2 fully saturated rings. The van der Waals surface area contributed by atoms with Gasteiger partial charge in [0.25, 0.3) is 0 Å². The number of phenolic OH excluding ortho intramolecular Hbond substituents is 1. The van der Waals surface area contributed by atoms with Crippen LogP contribution >= 0.6 is 0 Å². The summed E-state index contributed by atoms with van der Waals surface area (Å²) >= 11 is 0. The first-order valence-electron chi connectivity index (χ1n) is 10.5. The second kappa shape index (κ2) is 6.98. The van der Waals surface area contributed by atoms with Crippen molar-refractivity contribution in [2.75, 3.05) is 11.9 Å². The average Bonchev–Trinajstić information content (AvgIpc) is 3.38. The molecule has 2 aromatic heterocycles. The smallest absolute Gasteiger partial charge is 0.245 e. The summed E-state index contributed by atoms with van der Waals surface area (Å²) in [7, 11) is 1.82. The Morgan fingerprint density at radius 2 is 2.00 bits per heavy atom. The number of aromatic hydroxyl groups is 1. The SMILES string of the molecule is CN(c1ncc(-c2ccc(-c3cn[nH]c3)cc2O)nn1)[C@@H]1C[C@@]2(C)CC[C@](C)(N2)[C@@H]1F. The molecule has 0 spiro atoms. The molecule has 0 aliphatic carbocycles. The van der Waals surface area contributed by atoms with Crippen molar-refractivity contribution in [1.82, 2.24) is 30.7 Å². The van der Waals surface area contributed by atoms with Crippen LogP contribution in [0, 0.1) is 0 Å². The minimum absolute atomic E-state index is 0.0772. The Balaban J connectivity index is 1.38. The third-order valence-electron chi connectivity index (χ3n) is 6.86. The van der Waals surface area contributed by atoms with Gasteiger partial charge in [-0.1, -0.05) is 6.07 Å². The zero-order valence-electron chi connectivity index (χ0n) is 17.8. The van der Waals surface area contributed by atoms with Crippen LogP contribution in [0.25, 0.3) is 22.4 Å². The fourth-order valence-corrected chi connectivity index (χ4v) is 5.07. The fourth-order valence-electron chi connectivity index (χ4n) is 5.07. The van der Waals surface area contributed by atoms with Crippen LogP contribution in [0.15, 0.2) is 36.8 Å². The molecule has 4 atom stereocenters. The van der Waals surface area contributed by atoms with Crippen molar-refractivity contribution in [2.45, 2.75) is 56.4 Å². The van der Waals surface area contributed by atoms with Crippen molar-refractivity contribution >= 4 is 5.95 Å². The molecule has 31 heavy (non-hydrogen) atoms. The molecule has 162 valence electrons. The van der Waals surface area contributed by atoms with E-state index < -0.39 is 11.7 Å². The number of rotatable bonds is 4. The van der Waals surface area contributed by atoms with E-state index in [2.05, 4.69) is 37.6 Å². The van der Waals surface area contributed by atoms with Gasteiger partial charge in [-0.2, -0.15) is 5.10 Å². The summed E-state index contributed by atoms with van der Waals surface area (Å²) in [5.74, 6) is 0.454. The van der Waals surface area contributed by atoms with E-state index in [9.17, 15) is 5.11 Å². The monoisotopic (exact) mass is 423 g/mol. The van der Waals surface area contributed by atoms with Gasteiger partial charge in [0.2, 0.25) is 5.95 Å². The molecule has 5 rings (SSSR count). The van der Waals surface area contributed by atoms with E-state index in [-0.39, 0.29) is 17.3 Å². The third-order valence-corrected chi connectivity index (χ3v) is 6.86. The Kier molecular flexibility index (Phi) is 4.47. The van der Waals surface area contributed by atoms with Crippen molar-refractivity contribution in [3.05, 3.63) is 36.8 Å². The van der Waals surface area contributed by atoms with Gasteiger partial charge >= 0.3 is 0 Å². The molecular weight excluding hydrogens is 397 g/mol. The summed E-state index contributed by atoms with van der Waals surface area (Å²) in [4.78, 5) is 6.23. The Hall–Kier alpha value is -3.07. The van der Waals surface area contributed by atoms with Crippen LogP contribution in [0.2, 0.25) is 0 Å². The second-order valence-corrected chi connectivity index (χ2v) is 9.25. The van der Waals surface area contributed by atoms with Crippen LogP contribution in [0.1, 0.15) is 33.1 Å². The van der Waals surface area contributed by atoms with E-state index in [1.807, 2.05) is 20.0 Å². The molecule has 0 unspecified atom stereocenters. The first-order chi connectivity index (χ1) is 14.8. The summed E-state index contributed by atoms with van der Waals surface area (Å²) in [6.45, 7) is 4.12. The quantitative estimate of drug-likeness (QED) is 0.593. The number of halogens is 1. The maximum atomic E-state index is 15.4. The number of alkyl halides is 1. The van der Waals surface area contributed by atoms with E-state index in [1.54, 1.807) is 35.6 Å². The molecule has 2 aliphatic rings. The highest BCUT2D eigenvalue weighted by molar-refractivity contribution is 5.73. The van der Waals surface area contributed by atoms with Crippen molar-refractivity contribution in [3.63, 3.8) is 0 Å². The predicted molar refractivity (Wildman–Crippen MR) is 115 cm³/mol. The van der Waals surface area contributed by atoms with Gasteiger partial charge in [-0.15, -0.1) is 10.2 Å². The molecule has 3 N–H and O–H groups in total. The minimum Gasteiger partial charge on any atom is -0.507 e. The zero-order chi connectivity index (χ0) is 21.8. The molecular formula is C22H26FN7O. The highest BCUT2D eigenvalue weighted by atomic mass is 19.1. The van der Waals surface area contributed by atoms with Crippen LogP contribution in [0.5, 0.6) is 5.75 Å². The molecule has 0 radical (unpaired) electrons. The summed E-state index contributed by atoms with van der Waals surface area (Å²) in [5, 5.41) is 29.2. The highest BCUT2D eigenvalue weighted by Gasteiger charge is 2.56. The van der Waals surface area contributed by atoms with Gasteiger partial charge in [0.05, 0.1) is 18.4 Å². The van der Waals surface area contributed by atoms with Crippen molar-refractivity contribution < 1.29 is 9.50 Å². The van der Waals surface area contributed by atoms with Crippen molar-refractivity contribution in [3.8, 4) is 28.1 Å². The minimum atomic E-state index is -1.03. The molecule has 4 heterocycles. The number of piperidine rings is 1. The fraction of sp³-hybridized carbons (Fsp3) is 0.455. The molecule has 3 aromatic rings. The maximum Gasteiger partial charge on any atom is 0.245 e. The van der Waals surface area contributed by atoms with E-state index in [0.29, 0.717) is 23.6 Å². The van der Waals surface area contributed by atoms with E-state index in [1.165, 1.54) is 0 Å². The largest absolute Gasteiger partial charge is 0.507 e. The number of H-pyrrole nitrogens is 1. The number of hydrogen-bond donors (Lipinski definition) is 3. The molecule has 2 saturated heterocycles. The Bertz CT molecular complexity index is 1090. The molecule has 0 saturated carbocycles. The van der Waals surface area contributed by atoms with E-state index in [0.717, 1.165) is 24.0 Å². The van der Waals surface area contributed by atoms with Gasteiger partial charge < -0.3 is 15.3 Å². The van der Waals surface area contributed by atoms with Gasteiger partial charge in [0.15, 0.2) is 0 Å². The number of nitrogens with one attached hydrogen (secondary N) is 2. The second-order valence-electron chi connectivity index (χ2n) is 9.25. The number of anilines is 1. The number of phenols is 1. The van der Waals surface area contributed by atoms with Gasteiger partial charge in [-0.3, -0.25) is 5.10 Å². The Labute approximate surface area is 179 Å². The Morgan fingerprint density at radius 1 is 1.16 bits per heavy atom. The van der Waals surface area contributed by atoms with Crippen LogP contribution in [-0.4, -0.2) is 60.8 Å². The van der Waals surface area contributed by atoms with Crippen LogP contribution in [-0.2, 0) is 0 Å². The molecule has 8 nitrogen and oxygen atoms in total. The lowest BCUT2D eigenvalue weighted by Crippen LogP contribution is -2.65. The third kappa shape index (κ3) is 3.33. The van der Waals surface area contributed by atoms with E-state index in [4.69, 9.17) is 0 Å². The van der Waals surface area contributed by atoms with Gasteiger partial charge in [-0.05, 0) is 50.8 Å². The highest BCUT2D eigenvalue weighted by Crippen LogP contribution is 2.45. The number of nitrogens with zero attached hydrogens (tertiary/aromatic N) is 5. The lowest BCUT2D eigenvalue weighted by molar-refractivity contribution is 0.0856. The summed E-state index contributed by atoms with van der Waals surface area (Å²) in [6, 6.07) is 4.98. The van der Waals surface area contributed by atoms with Crippen molar-refractivity contribution in [1.29, 1.82) is 0 Å². The average molecular weight is 423 g/mol. The number of benzene rings is 1. The predicted octanol–water partition coefficient (Wildman–Crippen LogP) is 3.08. The van der Waals surface area contributed by atoms with Gasteiger partial charge in [0, 0.05) is 35.4 Å². The lowest BCUT2D eigenvalue weighted by Gasteiger charge is -2.47. The van der Waals surface area contributed by atoms with Gasteiger partial charge in [-0.25, -0.2) is 9.37 Å². The molecule has 2 aliphatic heterocycles. The number of aromatic nitrogens is 5. The first-order valence-corrected chi connectivity index (χ1v) is 10.5. The van der Waals surface area contributed by atoms with Crippen LogP contribution < -0.4 is 10.2 Å². The Morgan fingerprint density at radius 3 is 2.68 bits per heavy atom. The van der Waals surface area contributed by atoms with Gasteiger partial charge in [0.1, 0.15) is 17.6 Å². The molecule has 2 bridgehead atoms. The number of fused-ring (bicyclic) bond motifs is 2. The summed E-state index contributed by atoms with van der Waals surface area (Å²) in [6.07, 6.45) is 6.44. The van der Waals surface area contributed by atoms with Crippen LogP contribution in [0.4, 0.5) is 10.3 Å². The first kappa shape index (κ1) is 19.9.